The third-order valence-electron chi connectivity index (χ3n) is 4.22. The lowest BCUT2D eigenvalue weighted by Crippen LogP contribution is -2.41. The molecule has 0 saturated carbocycles. The smallest absolute Gasteiger partial charge is 0.122 e. The molecule has 2 aromatic carbocycles. The van der Waals surface area contributed by atoms with Gasteiger partial charge in [-0.3, -0.25) is 0 Å². The second-order valence-electron chi connectivity index (χ2n) is 5.61. The molecule has 0 aromatic heterocycles. The Morgan fingerprint density at radius 1 is 1.19 bits per heavy atom. The molecular weight excluding hydrogens is 326 g/mol. The van der Waals surface area contributed by atoms with Crippen LogP contribution in [-0.2, 0) is 12.8 Å². The quantitative estimate of drug-likeness (QED) is 0.909. The van der Waals surface area contributed by atoms with Gasteiger partial charge >= 0.3 is 0 Å². The average Bonchev–Trinajstić information content (AvgIpc) is 2.54. The van der Waals surface area contributed by atoms with Crippen LogP contribution in [0.4, 0.5) is 0 Å². The first kappa shape index (κ1) is 14.6. The molecule has 2 unspecified atom stereocenters. The van der Waals surface area contributed by atoms with E-state index in [1.165, 1.54) is 11.1 Å². The maximum absolute atomic E-state index is 5.93. The van der Waals surface area contributed by atoms with Crippen LogP contribution >= 0.6 is 15.9 Å². The Bertz CT molecular complexity index is 596. The Labute approximate surface area is 134 Å². The normalized spacial score (nSPS) is 18.7. The lowest BCUT2D eigenvalue weighted by Gasteiger charge is -2.31. The highest BCUT2D eigenvalue weighted by Gasteiger charge is 2.26. The maximum Gasteiger partial charge on any atom is 0.122 e. The van der Waals surface area contributed by atoms with Crippen molar-refractivity contribution in [3.05, 3.63) is 64.1 Å². The number of nitrogens with one attached hydrogen (secondary N) is 1. The lowest BCUT2D eigenvalue weighted by atomic mass is 9.87. The summed E-state index contributed by atoms with van der Waals surface area (Å²) in [6, 6.07) is 17.4. The van der Waals surface area contributed by atoms with E-state index in [-0.39, 0.29) is 0 Å². The number of fused-ring (bicyclic) bond motifs is 1. The Hall–Kier alpha value is -1.32. The summed E-state index contributed by atoms with van der Waals surface area (Å²) in [7, 11) is 2.05. The standard InChI is InChI=1S/C18H20BrNO/c1-20-17(10-13-6-8-16(19)9-7-13)15-11-14-4-2-3-5-18(14)21-12-15/h2-9,15,17,20H,10-12H2,1H3. The minimum atomic E-state index is 0.430. The highest BCUT2D eigenvalue weighted by Crippen LogP contribution is 2.29. The molecule has 110 valence electrons. The van der Waals surface area contributed by atoms with Gasteiger partial charge in [-0.05, 0) is 49.2 Å². The van der Waals surface area contributed by atoms with Crippen molar-refractivity contribution >= 4 is 15.9 Å². The van der Waals surface area contributed by atoms with Crippen LogP contribution in [0.3, 0.4) is 0 Å². The molecule has 0 saturated heterocycles. The number of likely N-dealkylation sites (N-methyl/N-ethyl adjacent to an activating group) is 1. The Balaban J connectivity index is 1.71. The van der Waals surface area contributed by atoms with Crippen LogP contribution in [0.5, 0.6) is 5.75 Å². The van der Waals surface area contributed by atoms with Gasteiger partial charge in [-0.25, -0.2) is 0 Å². The van der Waals surface area contributed by atoms with Gasteiger partial charge in [0.1, 0.15) is 5.75 Å². The number of hydrogen-bond acceptors (Lipinski definition) is 2. The van der Waals surface area contributed by atoms with Gasteiger partial charge in [0, 0.05) is 16.4 Å². The molecule has 1 heterocycles. The molecule has 0 aliphatic carbocycles. The first-order valence-corrected chi connectivity index (χ1v) is 8.18. The van der Waals surface area contributed by atoms with Crippen molar-refractivity contribution < 1.29 is 4.74 Å². The minimum absolute atomic E-state index is 0.430. The molecule has 2 atom stereocenters. The van der Waals surface area contributed by atoms with Crippen LogP contribution in [0.15, 0.2) is 53.0 Å². The summed E-state index contributed by atoms with van der Waals surface area (Å²) < 4.78 is 7.06. The predicted molar refractivity (Wildman–Crippen MR) is 89.8 cm³/mol. The first-order chi connectivity index (χ1) is 10.3. The summed E-state index contributed by atoms with van der Waals surface area (Å²) in [5, 5.41) is 3.47. The third kappa shape index (κ3) is 3.47. The SMILES string of the molecule is CNC(Cc1ccc(Br)cc1)C1COc2ccccc2C1. The minimum Gasteiger partial charge on any atom is -0.493 e. The molecule has 0 spiro atoms. The van der Waals surface area contributed by atoms with Crippen molar-refractivity contribution in [3.63, 3.8) is 0 Å². The highest BCUT2D eigenvalue weighted by atomic mass is 79.9. The Morgan fingerprint density at radius 2 is 1.95 bits per heavy atom. The molecule has 3 heteroatoms. The molecule has 1 aliphatic heterocycles. The molecule has 21 heavy (non-hydrogen) atoms. The molecule has 0 amide bonds. The average molecular weight is 346 g/mol. The van der Waals surface area contributed by atoms with Crippen LogP contribution in [-0.4, -0.2) is 19.7 Å². The summed E-state index contributed by atoms with van der Waals surface area (Å²) in [4.78, 5) is 0. The van der Waals surface area contributed by atoms with Gasteiger partial charge in [-0.1, -0.05) is 46.3 Å². The monoisotopic (exact) mass is 345 g/mol. The van der Waals surface area contributed by atoms with Crippen molar-refractivity contribution in [1.29, 1.82) is 0 Å². The molecule has 0 fully saturated rings. The third-order valence-corrected chi connectivity index (χ3v) is 4.74. The Morgan fingerprint density at radius 3 is 2.71 bits per heavy atom. The fraction of sp³-hybridized carbons (Fsp3) is 0.333. The van der Waals surface area contributed by atoms with E-state index in [0.29, 0.717) is 12.0 Å². The van der Waals surface area contributed by atoms with E-state index in [4.69, 9.17) is 4.74 Å². The number of benzene rings is 2. The van der Waals surface area contributed by atoms with E-state index in [2.05, 4.69) is 63.7 Å². The molecular formula is C18H20BrNO. The fourth-order valence-corrected chi connectivity index (χ4v) is 3.25. The van der Waals surface area contributed by atoms with Gasteiger partial charge in [0.25, 0.3) is 0 Å². The van der Waals surface area contributed by atoms with Crippen LogP contribution in [0.1, 0.15) is 11.1 Å². The van der Waals surface area contributed by atoms with Crippen LogP contribution in [0, 0.1) is 5.92 Å². The predicted octanol–water partition coefficient (Wildman–Crippen LogP) is 3.83. The van der Waals surface area contributed by atoms with E-state index in [0.717, 1.165) is 29.7 Å². The number of halogens is 1. The van der Waals surface area contributed by atoms with Gasteiger partial charge in [-0.2, -0.15) is 0 Å². The van der Waals surface area contributed by atoms with Crippen molar-refractivity contribution in [2.75, 3.05) is 13.7 Å². The number of hydrogen-bond donors (Lipinski definition) is 1. The van der Waals surface area contributed by atoms with Crippen molar-refractivity contribution in [3.8, 4) is 5.75 Å². The van der Waals surface area contributed by atoms with Gasteiger partial charge in [-0.15, -0.1) is 0 Å². The molecule has 0 bridgehead atoms. The van der Waals surface area contributed by atoms with Gasteiger partial charge < -0.3 is 10.1 Å². The Kier molecular flexibility index (Phi) is 4.61. The van der Waals surface area contributed by atoms with Gasteiger partial charge in [0.05, 0.1) is 6.61 Å². The lowest BCUT2D eigenvalue weighted by molar-refractivity contribution is 0.187. The summed E-state index contributed by atoms with van der Waals surface area (Å²) >= 11 is 3.49. The van der Waals surface area contributed by atoms with Gasteiger partial charge in [0.2, 0.25) is 0 Å². The molecule has 2 nitrogen and oxygen atoms in total. The molecule has 1 aliphatic rings. The number of rotatable bonds is 4. The summed E-state index contributed by atoms with van der Waals surface area (Å²) in [5.41, 5.74) is 2.68. The van der Waals surface area contributed by atoms with Crippen LogP contribution in [0.25, 0.3) is 0 Å². The molecule has 1 N–H and O–H groups in total. The largest absolute Gasteiger partial charge is 0.493 e. The van der Waals surface area contributed by atoms with Crippen LogP contribution < -0.4 is 10.1 Å². The van der Waals surface area contributed by atoms with Crippen molar-refractivity contribution in [1.82, 2.24) is 5.32 Å². The zero-order chi connectivity index (χ0) is 14.7. The van der Waals surface area contributed by atoms with E-state index in [1.807, 2.05) is 13.1 Å². The number of para-hydroxylation sites is 1. The van der Waals surface area contributed by atoms with Crippen molar-refractivity contribution in [2.24, 2.45) is 5.92 Å². The van der Waals surface area contributed by atoms with E-state index < -0.39 is 0 Å². The second kappa shape index (κ2) is 6.63. The zero-order valence-electron chi connectivity index (χ0n) is 12.2. The fourth-order valence-electron chi connectivity index (χ4n) is 2.99. The summed E-state index contributed by atoms with van der Waals surface area (Å²) in [5.74, 6) is 1.56. The highest BCUT2D eigenvalue weighted by molar-refractivity contribution is 9.10. The number of ether oxygens (including phenoxy) is 1. The van der Waals surface area contributed by atoms with E-state index in [9.17, 15) is 0 Å². The maximum atomic E-state index is 5.93. The van der Waals surface area contributed by atoms with E-state index >= 15 is 0 Å². The zero-order valence-corrected chi connectivity index (χ0v) is 13.8. The first-order valence-electron chi connectivity index (χ1n) is 7.38. The second-order valence-corrected chi connectivity index (χ2v) is 6.52. The molecule has 0 radical (unpaired) electrons. The summed E-state index contributed by atoms with van der Waals surface area (Å²) in [6.07, 6.45) is 2.11. The molecule has 2 aromatic rings. The summed E-state index contributed by atoms with van der Waals surface area (Å²) in [6.45, 7) is 0.791. The molecule has 3 rings (SSSR count). The van der Waals surface area contributed by atoms with Gasteiger partial charge in [0.15, 0.2) is 0 Å². The van der Waals surface area contributed by atoms with Crippen molar-refractivity contribution in [2.45, 2.75) is 18.9 Å². The van der Waals surface area contributed by atoms with Crippen LogP contribution in [0.2, 0.25) is 0 Å². The topological polar surface area (TPSA) is 21.3 Å². The van der Waals surface area contributed by atoms with E-state index in [1.54, 1.807) is 0 Å².